The second-order valence-electron chi connectivity index (χ2n) is 17.8. The Labute approximate surface area is 378 Å². The molecule has 0 aliphatic carbocycles. The first-order valence-corrected chi connectivity index (χ1v) is 22.0. The molecular formula is C58H45BN2O4. The van der Waals surface area contributed by atoms with Crippen molar-refractivity contribution in [3.63, 3.8) is 0 Å². The van der Waals surface area contributed by atoms with Gasteiger partial charge in [-0.25, -0.2) is 0 Å². The van der Waals surface area contributed by atoms with Gasteiger partial charge in [0.15, 0.2) is 0 Å². The average Bonchev–Trinajstić information content (AvgIpc) is 3.92. The van der Waals surface area contributed by atoms with E-state index in [1.54, 1.807) is 13.8 Å². The molecule has 0 aliphatic heterocycles. The van der Waals surface area contributed by atoms with E-state index in [2.05, 4.69) is 140 Å². The third kappa shape index (κ3) is 7.29. The van der Waals surface area contributed by atoms with E-state index in [4.69, 9.17) is 23.5 Å². The minimum absolute atomic E-state index is 0.301. The van der Waals surface area contributed by atoms with E-state index in [-0.39, 0.29) is 0 Å². The first-order valence-electron chi connectivity index (χ1n) is 22.0. The lowest BCUT2D eigenvalue weighted by Crippen LogP contribution is -2.49. The van der Waals surface area contributed by atoms with E-state index in [1.807, 2.05) is 62.6 Å². The van der Waals surface area contributed by atoms with Crippen LogP contribution in [-0.4, -0.2) is 33.8 Å². The van der Waals surface area contributed by atoms with Gasteiger partial charge in [-0.2, -0.15) is 0 Å². The monoisotopic (exact) mass is 844 g/mol. The van der Waals surface area contributed by atoms with Gasteiger partial charge in [0.1, 0.15) is 22.3 Å². The molecule has 0 atom stereocenters. The van der Waals surface area contributed by atoms with Crippen LogP contribution in [0.25, 0.3) is 111 Å². The average molecular weight is 845 g/mol. The van der Waals surface area contributed by atoms with Crippen LogP contribution in [0.4, 0.5) is 0 Å². The molecule has 0 radical (unpaired) electrons. The lowest BCUT2D eigenvalue weighted by molar-refractivity contribution is -0.0893. The molecule has 314 valence electrons. The molecular weight excluding hydrogens is 799 g/mol. The Morgan fingerprint density at radius 3 is 1.26 bits per heavy atom. The number of benzene rings is 7. The largest absolute Gasteiger partial charge is 0.455 e. The summed E-state index contributed by atoms with van der Waals surface area (Å²) in [6.45, 7) is 7.43. The maximum atomic E-state index is 11.0. The summed E-state index contributed by atoms with van der Waals surface area (Å²) in [6, 6.07) is 60.8. The van der Waals surface area contributed by atoms with Crippen LogP contribution >= 0.6 is 0 Å². The van der Waals surface area contributed by atoms with Crippen molar-refractivity contribution in [2.45, 2.75) is 38.9 Å². The zero-order valence-corrected chi connectivity index (χ0v) is 36.7. The first-order chi connectivity index (χ1) is 31.6. The summed E-state index contributed by atoms with van der Waals surface area (Å²) in [6.07, 6.45) is 3.91. The number of furan rings is 2. The Hall–Kier alpha value is -7.58. The summed E-state index contributed by atoms with van der Waals surface area (Å²) in [5.41, 5.74) is 14.4. The molecule has 11 aromatic rings. The molecule has 4 heterocycles. The number of aromatic nitrogens is 2. The minimum atomic E-state index is -1.06. The van der Waals surface area contributed by atoms with Crippen LogP contribution in [0.2, 0.25) is 0 Å². The van der Waals surface area contributed by atoms with Gasteiger partial charge in [0, 0.05) is 56.2 Å². The van der Waals surface area contributed by atoms with Crippen LogP contribution < -0.4 is 5.46 Å². The predicted octanol–water partition coefficient (Wildman–Crippen LogP) is 13.8. The van der Waals surface area contributed by atoms with Crippen molar-refractivity contribution in [3.8, 4) is 67.0 Å². The maximum absolute atomic E-state index is 11.0. The van der Waals surface area contributed by atoms with Crippen LogP contribution in [0.5, 0.6) is 0 Å². The SMILES string of the molecule is CC(C)(O)C(C)(C)OBc1cc(-c2ccccc2-c2ccc(-c3cccc4c3oc3ccccc34)nc2)cc(-c2ccccc2-c2ccc(-c3cccc4c3oc3ccccc34)nc2)c1. The summed E-state index contributed by atoms with van der Waals surface area (Å²) < 4.78 is 19.2. The Kier molecular flexibility index (Phi) is 9.83. The number of aliphatic hydroxyl groups is 1. The first kappa shape index (κ1) is 40.2. The van der Waals surface area contributed by atoms with Crippen LogP contribution in [0, 0.1) is 0 Å². The molecule has 0 saturated carbocycles. The standard InChI is InChI=1S/C58H45BN2O4/c1-57(2,62)58(3,4)65-59-40-32-38(43-17-7-5-15-41(43)36-27-29-51(60-34-36)49-23-13-21-47-45-19-9-11-25-53(45)63-55(47)49)31-39(33-40)44-18-8-6-16-42(44)37-28-30-52(61-35-37)50-24-14-22-48-46-20-10-12-26-54(46)64-56(48)50/h5-35,59,62H,1-4H3. The van der Waals surface area contributed by atoms with E-state index in [9.17, 15) is 5.11 Å². The summed E-state index contributed by atoms with van der Waals surface area (Å²) in [5.74, 6) is 0. The number of hydrogen-bond donors (Lipinski definition) is 1. The zero-order valence-electron chi connectivity index (χ0n) is 36.7. The fraction of sp³-hybridized carbons (Fsp3) is 0.103. The Bertz CT molecular complexity index is 3340. The fourth-order valence-electron chi connectivity index (χ4n) is 8.82. The van der Waals surface area contributed by atoms with Crippen molar-refractivity contribution in [2.75, 3.05) is 0 Å². The predicted molar refractivity (Wildman–Crippen MR) is 267 cm³/mol. The number of fused-ring (bicyclic) bond motifs is 6. The van der Waals surface area contributed by atoms with E-state index in [0.717, 1.165) is 116 Å². The second-order valence-corrected chi connectivity index (χ2v) is 17.8. The lowest BCUT2D eigenvalue weighted by Gasteiger charge is -2.37. The summed E-state index contributed by atoms with van der Waals surface area (Å²) in [5, 5.41) is 15.4. The molecule has 7 heteroatoms. The molecule has 0 saturated heterocycles. The molecule has 65 heavy (non-hydrogen) atoms. The minimum Gasteiger partial charge on any atom is -0.455 e. The highest BCUT2D eigenvalue weighted by atomic mass is 16.5. The van der Waals surface area contributed by atoms with E-state index in [0.29, 0.717) is 7.48 Å². The van der Waals surface area contributed by atoms with Crippen LogP contribution in [0.1, 0.15) is 27.7 Å². The van der Waals surface area contributed by atoms with Gasteiger partial charge >= 0.3 is 7.48 Å². The summed E-state index contributed by atoms with van der Waals surface area (Å²) in [7, 11) is 0.301. The number of hydrogen-bond acceptors (Lipinski definition) is 6. The van der Waals surface area contributed by atoms with Gasteiger partial charge in [0.05, 0.1) is 22.6 Å². The molecule has 11 rings (SSSR count). The third-order valence-electron chi connectivity index (χ3n) is 13.1. The molecule has 4 aromatic heterocycles. The number of pyridine rings is 2. The number of para-hydroxylation sites is 4. The van der Waals surface area contributed by atoms with Crippen molar-refractivity contribution in [3.05, 3.63) is 188 Å². The topological polar surface area (TPSA) is 81.5 Å². The fourth-order valence-corrected chi connectivity index (χ4v) is 8.82. The molecule has 0 fully saturated rings. The van der Waals surface area contributed by atoms with Crippen LogP contribution in [0.15, 0.2) is 197 Å². The quantitative estimate of drug-likeness (QED) is 0.138. The highest BCUT2D eigenvalue weighted by Gasteiger charge is 2.35. The van der Waals surface area contributed by atoms with Gasteiger partial charge in [-0.3, -0.25) is 9.97 Å². The van der Waals surface area contributed by atoms with Gasteiger partial charge in [0.2, 0.25) is 0 Å². The molecule has 0 aliphatic rings. The molecule has 0 spiro atoms. The van der Waals surface area contributed by atoms with E-state index < -0.39 is 11.2 Å². The van der Waals surface area contributed by atoms with Gasteiger partial charge in [-0.1, -0.05) is 139 Å². The van der Waals surface area contributed by atoms with Crippen molar-refractivity contribution in [1.82, 2.24) is 9.97 Å². The van der Waals surface area contributed by atoms with Crippen molar-refractivity contribution >= 4 is 56.8 Å². The van der Waals surface area contributed by atoms with E-state index in [1.165, 1.54) is 0 Å². The summed E-state index contributed by atoms with van der Waals surface area (Å²) >= 11 is 0. The maximum Gasteiger partial charge on any atom is 0.309 e. The smallest absolute Gasteiger partial charge is 0.309 e. The van der Waals surface area contributed by atoms with Crippen LogP contribution in [-0.2, 0) is 4.65 Å². The Morgan fingerprint density at radius 1 is 0.431 bits per heavy atom. The van der Waals surface area contributed by atoms with Gasteiger partial charge in [0.25, 0.3) is 0 Å². The molecule has 0 amide bonds. The van der Waals surface area contributed by atoms with Gasteiger partial charge in [-0.05, 0) is 104 Å². The lowest BCUT2D eigenvalue weighted by atomic mass is 9.79. The van der Waals surface area contributed by atoms with Crippen molar-refractivity contribution in [2.24, 2.45) is 0 Å². The molecule has 0 unspecified atom stereocenters. The van der Waals surface area contributed by atoms with Crippen molar-refractivity contribution in [1.29, 1.82) is 0 Å². The highest BCUT2D eigenvalue weighted by Crippen LogP contribution is 2.40. The van der Waals surface area contributed by atoms with Crippen molar-refractivity contribution < 1.29 is 18.6 Å². The summed E-state index contributed by atoms with van der Waals surface area (Å²) in [4.78, 5) is 10.0. The normalized spacial score (nSPS) is 12.1. The number of rotatable bonds is 10. The molecule has 1 N–H and O–H groups in total. The zero-order chi connectivity index (χ0) is 44.3. The second kappa shape index (κ2) is 15.9. The van der Waals surface area contributed by atoms with Gasteiger partial charge < -0.3 is 18.6 Å². The Morgan fingerprint density at radius 2 is 0.831 bits per heavy atom. The Balaban J connectivity index is 0.980. The highest BCUT2D eigenvalue weighted by molar-refractivity contribution is 6.47. The molecule has 6 nitrogen and oxygen atoms in total. The number of nitrogens with zero attached hydrogens (tertiary/aromatic N) is 2. The van der Waals surface area contributed by atoms with Gasteiger partial charge in [-0.15, -0.1) is 0 Å². The van der Waals surface area contributed by atoms with Crippen LogP contribution in [0.3, 0.4) is 0 Å². The third-order valence-corrected chi connectivity index (χ3v) is 13.1. The van der Waals surface area contributed by atoms with E-state index >= 15 is 0 Å². The molecule has 7 aromatic carbocycles. The molecule has 0 bridgehead atoms.